The molecule has 0 aliphatic carbocycles. The van der Waals surface area contributed by atoms with Gasteiger partial charge in [-0.1, -0.05) is 87.4 Å². The van der Waals surface area contributed by atoms with Gasteiger partial charge in [-0.2, -0.15) is 0 Å². The van der Waals surface area contributed by atoms with E-state index >= 15 is 0 Å². The first-order valence-corrected chi connectivity index (χ1v) is 9.31. The van der Waals surface area contributed by atoms with Crippen LogP contribution >= 0.6 is 0 Å². The van der Waals surface area contributed by atoms with Crippen molar-refractivity contribution in [3.05, 3.63) is 71.8 Å². The van der Waals surface area contributed by atoms with Gasteiger partial charge in [0.1, 0.15) is 12.1 Å². The average Bonchev–Trinajstić information content (AvgIpc) is 2.64. The highest BCUT2D eigenvalue weighted by atomic mass is 16.3. The summed E-state index contributed by atoms with van der Waals surface area (Å²) in [7, 11) is 0. The maximum Gasteiger partial charge on any atom is 0.117 e. The van der Waals surface area contributed by atoms with Crippen LogP contribution < -0.4 is 5.32 Å². The highest BCUT2D eigenvalue weighted by Crippen LogP contribution is 2.41. The van der Waals surface area contributed by atoms with Crippen molar-refractivity contribution in [3.63, 3.8) is 0 Å². The van der Waals surface area contributed by atoms with Crippen LogP contribution in [-0.4, -0.2) is 10.7 Å². The maximum absolute atomic E-state index is 11.5. The predicted molar refractivity (Wildman–Crippen MR) is 98.5 cm³/mol. The molecule has 0 amide bonds. The predicted octanol–water partition coefficient (Wildman–Crippen LogP) is 3.99. The van der Waals surface area contributed by atoms with Gasteiger partial charge in [0, 0.05) is 23.5 Å². The fourth-order valence-corrected chi connectivity index (χ4v) is 4.20. The maximum atomic E-state index is 11.5. The van der Waals surface area contributed by atoms with Crippen LogP contribution in [0.2, 0.25) is 0 Å². The Morgan fingerprint density at radius 2 is 1.58 bits per heavy atom. The molecule has 0 saturated carbocycles. The monoisotopic (exact) mass is 324 g/mol. The number of rotatable bonds is 5. The lowest BCUT2D eigenvalue weighted by molar-refractivity contribution is -0.756. The SMILES string of the molecule is CCCC[C@]1(O)C[C@H](c2ccccc2)[NH2+][C@H](c2ccccc2)[C@@H]1C. The van der Waals surface area contributed by atoms with Crippen molar-refractivity contribution in [1.82, 2.24) is 0 Å². The van der Waals surface area contributed by atoms with E-state index in [1.165, 1.54) is 11.1 Å². The van der Waals surface area contributed by atoms with Crippen molar-refractivity contribution >= 4 is 0 Å². The Morgan fingerprint density at radius 3 is 2.17 bits per heavy atom. The Hall–Kier alpha value is -1.64. The Morgan fingerprint density at radius 1 is 1.00 bits per heavy atom. The summed E-state index contributed by atoms with van der Waals surface area (Å²) in [5.74, 6) is 0.242. The van der Waals surface area contributed by atoms with Crippen LogP contribution in [0, 0.1) is 5.92 Å². The van der Waals surface area contributed by atoms with Gasteiger partial charge in [0.05, 0.1) is 5.60 Å². The van der Waals surface area contributed by atoms with Crippen LogP contribution in [-0.2, 0) is 0 Å². The second-order valence-corrected chi connectivity index (χ2v) is 7.35. The van der Waals surface area contributed by atoms with Gasteiger partial charge >= 0.3 is 0 Å². The fraction of sp³-hybridized carbons (Fsp3) is 0.455. The molecule has 0 spiro atoms. The molecule has 1 saturated heterocycles. The molecule has 0 bridgehead atoms. The highest BCUT2D eigenvalue weighted by Gasteiger charge is 2.48. The summed E-state index contributed by atoms with van der Waals surface area (Å²) in [6.07, 6.45) is 3.95. The van der Waals surface area contributed by atoms with Gasteiger partial charge in [0.25, 0.3) is 0 Å². The van der Waals surface area contributed by atoms with Crippen LogP contribution in [0.3, 0.4) is 0 Å². The third kappa shape index (κ3) is 3.55. The van der Waals surface area contributed by atoms with E-state index in [1.54, 1.807) is 0 Å². The molecule has 2 nitrogen and oxygen atoms in total. The Labute approximate surface area is 145 Å². The Bertz CT molecular complexity index is 627. The normalized spacial score (nSPS) is 30.2. The van der Waals surface area contributed by atoms with E-state index in [0.717, 1.165) is 25.7 Å². The molecule has 1 aliphatic heterocycles. The summed E-state index contributed by atoms with van der Waals surface area (Å²) in [6.45, 7) is 4.43. The summed E-state index contributed by atoms with van der Waals surface area (Å²) in [5.41, 5.74) is 2.05. The molecule has 0 radical (unpaired) electrons. The Balaban J connectivity index is 1.93. The number of aliphatic hydroxyl groups is 1. The summed E-state index contributed by atoms with van der Waals surface area (Å²) >= 11 is 0. The first kappa shape index (κ1) is 17.2. The van der Waals surface area contributed by atoms with E-state index in [9.17, 15) is 5.11 Å². The fourth-order valence-electron chi connectivity index (χ4n) is 4.20. The first-order valence-electron chi connectivity index (χ1n) is 9.31. The molecular weight excluding hydrogens is 294 g/mol. The smallest absolute Gasteiger partial charge is 0.117 e. The molecule has 2 aromatic rings. The van der Waals surface area contributed by atoms with Crippen LogP contribution in [0.4, 0.5) is 0 Å². The molecule has 1 aliphatic rings. The van der Waals surface area contributed by atoms with Gasteiger partial charge in [-0.05, 0) is 6.42 Å². The van der Waals surface area contributed by atoms with E-state index in [0.29, 0.717) is 12.1 Å². The van der Waals surface area contributed by atoms with Gasteiger partial charge in [-0.3, -0.25) is 0 Å². The minimum atomic E-state index is -0.591. The number of hydrogen-bond acceptors (Lipinski definition) is 1. The minimum absolute atomic E-state index is 0.242. The van der Waals surface area contributed by atoms with Crippen molar-refractivity contribution in [2.24, 2.45) is 5.92 Å². The third-order valence-corrected chi connectivity index (χ3v) is 5.77. The van der Waals surface area contributed by atoms with Crippen molar-refractivity contribution in [3.8, 4) is 0 Å². The first-order chi connectivity index (χ1) is 11.6. The van der Waals surface area contributed by atoms with Crippen LogP contribution in [0.25, 0.3) is 0 Å². The molecule has 2 heteroatoms. The zero-order valence-electron chi connectivity index (χ0n) is 14.9. The molecule has 1 fully saturated rings. The standard InChI is InChI=1S/C22H29NO/c1-3-4-15-22(24)16-20(18-11-7-5-8-12-18)23-21(17(22)2)19-13-9-6-10-14-19/h5-14,17,20-21,23-24H,3-4,15-16H2,1-2H3/p+1/t17-,20+,21-,22-/m0/s1. The molecule has 2 aromatic carbocycles. The number of nitrogens with two attached hydrogens (primary N) is 1. The molecule has 3 rings (SSSR count). The zero-order chi connectivity index (χ0) is 17.0. The molecule has 128 valence electrons. The number of benzene rings is 2. The van der Waals surface area contributed by atoms with Crippen molar-refractivity contribution in [2.75, 3.05) is 0 Å². The second kappa shape index (κ2) is 7.50. The van der Waals surface area contributed by atoms with Gasteiger partial charge < -0.3 is 10.4 Å². The minimum Gasteiger partial charge on any atom is -0.389 e. The van der Waals surface area contributed by atoms with E-state index in [1.807, 2.05) is 0 Å². The lowest BCUT2D eigenvalue weighted by Gasteiger charge is -2.45. The van der Waals surface area contributed by atoms with E-state index in [4.69, 9.17) is 0 Å². The third-order valence-electron chi connectivity index (χ3n) is 5.77. The average molecular weight is 324 g/mol. The topological polar surface area (TPSA) is 36.8 Å². The summed E-state index contributed by atoms with van der Waals surface area (Å²) in [5, 5.41) is 14.0. The van der Waals surface area contributed by atoms with Crippen molar-refractivity contribution in [1.29, 1.82) is 0 Å². The lowest BCUT2D eigenvalue weighted by Crippen LogP contribution is -2.91. The molecular formula is C22H30NO+. The van der Waals surface area contributed by atoms with Gasteiger partial charge in [0.2, 0.25) is 0 Å². The number of piperidine rings is 1. The molecule has 3 N–H and O–H groups in total. The van der Waals surface area contributed by atoms with Gasteiger partial charge in [-0.15, -0.1) is 0 Å². The quantitative estimate of drug-likeness (QED) is 0.857. The molecule has 0 unspecified atom stereocenters. The summed E-state index contributed by atoms with van der Waals surface area (Å²) in [4.78, 5) is 0. The van der Waals surface area contributed by atoms with Gasteiger partial charge in [-0.25, -0.2) is 0 Å². The van der Waals surface area contributed by atoms with E-state index in [2.05, 4.69) is 79.8 Å². The lowest BCUT2D eigenvalue weighted by atomic mass is 9.70. The summed E-state index contributed by atoms with van der Waals surface area (Å²) in [6, 6.07) is 21.9. The molecule has 24 heavy (non-hydrogen) atoms. The Kier molecular flexibility index (Phi) is 5.37. The van der Waals surface area contributed by atoms with Crippen LogP contribution in [0.15, 0.2) is 60.7 Å². The molecule has 4 atom stereocenters. The summed E-state index contributed by atoms with van der Waals surface area (Å²) < 4.78 is 0. The largest absolute Gasteiger partial charge is 0.389 e. The number of quaternary nitrogens is 1. The van der Waals surface area contributed by atoms with Crippen LogP contribution in [0.5, 0.6) is 0 Å². The number of hydrogen-bond donors (Lipinski definition) is 2. The van der Waals surface area contributed by atoms with Crippen molar-refractivity contribution < 1.29 is 10.4 Å². The van der Waals surface area contributed by atoms with E-state index in [-0.39, 0.29) is 5.92 Å². The van der Waals surface area contributed by atoms with E-state index < -0.39 is 5.60 Å². The second-order valence-electron chi connectivity index (χ2n) is 7.35. The highest BCUT2D eigenvalue weighted by molar-refractivity contribution is 5.22. The molecule has 0 aromatic heterocycles. The van der Waals surface area contributed by atoms with Crippen molar-refractivity contribution in [2.45, 2.75) is 57.2 Å². The van der Waals surface area contributed by atoms with Gasteiger partial charge in [0.15, 0.2) is 0 Å². The zero-order valence-corrected chi connectivity index (χ0v) is 14.9. The molecule has 1 heterocycles. The van der Waals surface area contributed by atoms with Crippen LogP contribution in [0.1, 0.15) is 62.7 Å². The number of unbranched alkanes of at least 4 members (excludes halogenated alkanes) is 1.